The van der Waals surface area contributed by atoms with Gasteiger partial charge in [0.2, 0.25) is 5.91 Å². The minimum absolute atomic E-state index is 0.238. The van der Waals surface area contributed by atoms with Crippen LogP contribution in [0.25, 0.3) is 0 Å². The lowest BCUT2D eigenvalue weighted by Crippen LogP contribution is -2.36. The number of likely N-dealkylation sites (N-methyl/N-ethyl adjacent to an activating group) is 1. The number of unbranched alkanes of at least 4 members (excludes halogenated alkanes) is 1. The summed E-state index contributed by atoms with van der Waals surface area (Å²) in [5.41, 5.74) is 1.96. The van der Waals surface area contributed by atoms with Crippen LogP contribution < -0.4 is 4.90 Å². The monoisotopic (exact) mass is 217 g/mol. The second kappa shape index (κ2) is 3.93. The third kappa shape index (κ3) is 1.44. The van der Waals surface area contributed by atoms with Crippen molar-refractivity contribution in [3.63, 3.8) is 0 Å². The van der Waals surface area contributed by atoms with E-state index in [1.165, 1.54) is 5.56 Å². The van der Waals surface area contributed by atoms with Crippen LogP contribution in [0.15, 0.2) is 24.3 Å². The van der Waals surface area contributed by atoms with Gasteiger partial charge in [-0.05, 0) is 25.0 Å². The van der Waals surface area contributed by atoms with Gasteiger partial charge >= 0.3 is 0 Å². The van der Waals surface area contributed by atoms with E-state index >= 15 is 0 Å². The Hall–Kier alpha value is -1.31. The normalized spacial score (nSPS) is 23.7. The largest absolute Gasteiger partial charge is 0.314 e. The summed E-state index contributed by atoms with van der Waals surface area (Å²) < 4.78 is 0. The number of para-hydroxylation sites is 1. The zero-order chi connectivity index (χ0) is 11.8. The van der Waals surface area contributed by atoms with Crippen LogP contribution in [0, 0.1) is 0 Å². The molecule has 1 aromatic rings. The van der Waals surface area contributed by atoms with Crippen molar-refractivity contribution in [3.05, 3.63) is 29.8 Å². The molecule has 1 aliphatic rings. The molecule has 86 valence electrons. The van der Waals surface area contributed by atoms with E-state index in [4.69, 9.17) is 0 Å². The third-order valence-electron chi connectivity index (χ3n) is 3.67. The molecule has 2 rings (SSSR count). The first kappa shape index (κ1) is 11.2. The van der Waals surface area contributed by atoms with Crippen LogP contribution in [0.1, 0.15) is 38.7 Å². The van der Waals surface area contributed by atoms with Crippen molar-refractivity contribution in [2.45, 2.75) is 38.5 Å². The summed E-state index contributed by atoms with van der Waals surface area (Å²) in [6.45, 7) is 4.24. The van der Waals surface area contributed by atoms with Gasteiger partial charge in [0.05, 0.1) is 5.41 Å². The van der Waals surface area contributed by atoms with Gasteiger partial charge in [-0.1, -0.05) is 38.0 Å². The van der Waals surface area contributed by atoms with Crippen LogP contribution in [-0.2, 0) is 10.2 Å². The van der Waals surface area contributed by atoms with Gasteiger partial charge in [-0.15, -0.1) is 0 Å². The predicted molar refractivity (Wildman–Crippen MR) is 66.7 cm³/mol. The van der Waals surface area contributed by atoms with Crippen LogP contribution in [0.4, 0.5) is 5.69 Å². The first-order chi connectivity index (χ1) is 7.61. The number of carbonyl (C=O) groups is 1. The molecule has 0 radical (unpaired) electrons. The van der Waals surface area contributed by atoms with E-state index in [1.54, 1.807) is 4.90 Å². The summed E-state index contributed by atoms with van der Waals surface area (Å²) in [6.07, 6.45) is 3.18. The molecule has 2 nitrogen and oxygen atoms in total. The highest BCUT2D eigenvalue weighted by Gasteiger charge is 2.44. The summed E-state index contributed by atoms with van der Waals surface area (Å²) in [5.74, 6) is 0.238. The summed E-state index contributed by atoms with van der Waals surface area (Å²) in [5, 5.41) is 0. The number of nitrogens with zero attached hydrogens (tertiary/aromatic N) is 1. The second-order valence-corrected chi connectivity index (χ2v) is 4.82. The minimum atomic E-state index is -0.304. The Morgan fingerprint density at radius 1 is 1.31 bits per heavy atom. The van der Waals surface area contributed by atoms with Crippen LogP contribution in [0.3, 0.4) is 0 Å². The molecule has 0 N–H and O–H groups in total. The fraction of sp³-hybridized carbons (Fsp3) is 0.500. The van der Waals surface area contributed by atoms with E-state index in [9.17, 15) is 4.79 Å². The highest BCUT2D eigenvalue weighted by Crippen LogP contribution is 2.43. The molecule has 16 heavy (non-hydrogen) atoms. The van der Waals surface area contributed by atoms with E-state index in [-0.39, 0.29) is 11.3 Å². The Balaban J connectivity index is 2.43. The predicted octanol–water partition coefficient (Wildman–Crippen LogP) is 3.11. The molecular weight excluding hydrogens is 198 g/mol. The fourth-order valence-corrected chi connectivity index (χ4v) is 2.60. The van der Waals surface area contributed by atoms with Crippen molar-refractivity contribution in [1.82, 2.24) is 0 Å². The maximum atomic E-state index is 12.3. The van der Waals surface area contributed by atoms with E-state index in [0.29, 0.717) is 0 Å². The number of hydrogen-bond acceptors (Lipinski definition) is 1. The maximum Gasteiger partial charge on any atom is 0.237 e. The van der Waals surface area contributed by atoms with Crippen molar-refractivity contribution >= 4 is 11.6 Å². The van der Waals surface area contributed by atoms with E-state index in [0.717, 1.165) is 24.9 Å². The standard InChI is InChI=1S/C14H19NO/c1-4-5-10-14(2)11-8-6-7-9-12(11)15(3)13(14)16/h6-9H,4-5,10H2,1-3H3/t14-/m1/s1. The molecule has 0 aromatic heterocycles. The molecule has 2 heteroatoms. The summed E-state index contributed by atoms with van der Waals surface area (Å²) in [6, 6.07) is 8.14. The molecule has 1 heterocycles. The quantitative estimate of drug-likeness (QED) is 0.761. The minimum Gasteiger partial charge on any atom is -0.314 e. The Bertz CT molecular complexity index is 413. The van der Waals surface area contributed by atoms with Crippen LogP contribution in [-0.4, -0.2) is 13.0 Å². The number of rotatable bonds is 3. The lowest BCUT2D eigenvalue weighted by atomic mass is 9.79. The smallest absolute Gasteiger partial charge is 0.237 e. The summed E-state index contributed by atoms with van der Waals surface area (Å²) in [7, 11) is 1.87. The lowest BCUT2D eigenvalue weighted by Gasteiger charge is -2.22. The Kier molecular flexibility index (Phi) is 2.75. The molecule has 0 aliphatic carbocycles. The van der Waals surface area contributed by atoms with Crippen molar-refractivity contribution < 1.29 is 4.79 Å². The summed E-state index contributed by atoms with van der Waals surface area (Å²) >= 11 is 0. The van der Waals surface area contributed by atoms with Gasteiger partial charge in [0, 0.05) is 12.7 Å². The van der Waals surface area contributed by atoms with Crippen LogP contribution in [0.2, 0.25) is 0 Å². The van der Waals surface area contributed by atoms with Crippen LogP contribution >= 0.6 is 0 Å². The molecule has 0 spiro atoms. The molecule has 0 saturated carbocycles. The zero-order valence-corrected chi connectivity index (χ0v) is 10.3. The topological polar surface area (TPSA) is 20.3 Å². The molecule has 1 atom stereocenters. The first-order valence-corrected chi connectivity index (χ1v) is 5.99. The highest BCUT2D eigenvalue weighted by atomic mass is 16.2. The number of benzene rings is 1. The fourth-order valence-electron chi connectivity index (χ4n) is 2.60. The average molecular weight is 217 g/mol. The van der Waals surface area contributed by atoms with Gasteiger partial charge < -0.3 is 4.90 Å². The number of carbonyl (C=O) groups excluding carboxylic acids is 1. The summed E-state index contributed by atoms with van der Waals surface area (Å²) in [4.78, 5) is 14.1. The van der Waals surface area contributed by atoms with E-state index < -0.39 is 0 Å². The Morgan fingerprint density at radius 2 is 2.00 bits per heavy atom. The van der Waals surface area contributed by atoms with E-state index in [2.05, 4.69) is 19.9 Å². The van der Waals surface area contributed by atoms with E-state index in [1.807, 2.05) is 25.2 Å². The highest BCUT2D eigenvalue weighted by molar-refractivity contribution is 6.07. The first-order valence-electron chi connectivity index (χ1n) is 5.99. The van der Waals surface area contributed by atoms with Gasteiger partial charge in [0.25, 0.3) is 0 Å². The second-order valence-electron chi connectivity index (χ2n) is 4.82. The van der Waals surface area contributed by atoms with Gasteiger partial charge in [-0.3, -0.25) is 4.79 Å². The maximum absolute atomic E-state index is 12.3. The number of amides is 1. The molecule has 0 unspecified atom stereocenters. The Labute approximate surface area is 97.3 Å². The van der Waals surface area contributed by atoms with Gasteiger partial charge in [-0.25, -0.2) is 0 Å². The van der Waals surface area contributed by atoms with Crippen molar-refractivity contribution in [3.8, 4) is 0 Å². The molecule has 0 bridgehead atoms. The SMILES string of the molecule is CCCC[C@@]1(C)C(=O)N(C)c2ccccc21. The molecule has 0 fully saturated rings. The van der Waals surface area contributed by atoms with Crippen LogP contribution in [0.5, 0.6) is 0 Å². The molecule has 1 aromatic carbocycles. The molecule has 1 aliphatic heterocycles. The number of anilines is 1. The molecule has 0 saturated heterocycles. The van der Waals surface area contributed by atoms with Crippen molar-refractivity contribution in [2.75, 3.05) is 11.9 Å². The van der Waals surface area contributed by atoms with Gasteiger partial charge in [0.1, 0.15) is 0 Å². The van der Waals surface area contributed by atoms with Gasteiger partial charge in [-0.2, -0.15) is 0 Å². The molecule has 1 amide bonds. The number of fused-ring (bicyclic) bond motifs is 1. The lowest BCUT2D eigenvalue weighted by molar-refractivity contribution is -0.122. The number of hydrogen-bond donors (Lipinski definition) is 0. The van der Waals surface area contributed by atoms with Gasteiger partial charge in [0.15, 0.2) is 0 Å². The van der Waals surface area contributed by atoms with Crippen molar-refractivity contribution in [1.29, 1.82) is 0 Å². The average Bonchev–Trinajstić information content (AvgIpc) is 2.51. The van der Waals surface area contributed by atoms with Crippen molar-refractivity contribution in [2.24, 2.45) is 0 Å². The Morgan fingerprint density at radius 3 is 2.69 bits per heavy atom. The molecular formula is C14H19NO. The third-order valence-corrected chi connectivity index (χ3v) is 3.67. The zero-order valence-electron chi connectivity index (χ0n) is 10.3.